The number of benzene rings is 2. The normalized spacial score (nSPS) is 12.6. The van der Waals surface area contributed by atoms with Gasteiger partial charge in [-0.2, -0.15) is 0 Å². The van der Waals surface area contributed by atoms with Gasteiger partial charge in [-0.05, 0) is 42.0 Å². The third-order valence-corrected chi connectivity index (χ3v) is 3.84. The molecule has 108 valence electrons. The van der Waals surface area contributed by atoms with Gasteiger partial charge < -0.3 is 15.2 Å². The molecule has 3 N–H and O–H groups in total. The smallest absolute Gasteiger partial charge is 0.129 e. The van der Waals surface area contributed by atoms with Gasteiger partial charge in [-0.25, -0.2) is 0 Å². The predicted octanol–water partition coefficient (Wildman–Crippen LogP) is 3.25. The van der Waals surface area contributed by atoms with E-state index in [-0.39, 0.29) is 5.84 Å². The summed E-state index contributed by atoms with van der Waals surface area (Å²) in [5.41, 5.74) is 8.37. The van der Waals surface area contributed by atoms with Crippen molar-refractivity contribution in [2.45, 2.75) is 13.0 Å². The minimum absolute atomic E-state index is 0.0553. The lowest BCUT2D eigenvalue weighted by molar-refractivity contribution is 0.292. The fourth-order valence-electron chi connectivity index (χ4n) is 2.35. The largest absolute Gasteiger partial charge is 0.493 e. The number of hydrogen-bond donors (Lipinski definition) is 2. The van der Waals surface area contributed by atoms with E-state index in [1.165, 1.54) is 5.56 Å². The van der Waals surface area contributed by atoms with Crippen LogP contribution in [0.4, 0.5) is 0 Å². The van der Waals surface area contributed by atoms with E-state index in [1.807, 2.05) is 18.2 Å². The van der Waals surface area contributed by atoms with Gasteiger partial charge in [0.15, 0.2) is 0 Å². The lowest BCUT2D eigenvalue weighted by Gasteiger charge is -2.11. The molecule has 1 heterocycles. The Hall–Kier alpha value is -2.01. The van der Waals surface area contributed by atoms with Crippen molar-refractivity contribution in [2.75, 3.05) is 6.61 Å². The van der Waals surface area contributed by atoms with Crippen LogP contribution in [0.5, 0.6) is 11.5 Å². The highest BCUT2D eigenvalue weighted by Crippen LogP contribution is 2.33. The second-order valence-electron chi connectivity index (χ2n) is 4.88. The highest BCUT2D eigenvalue weighted by molar-refractivity contribution is 9.10. The summed E-state index contributed by atoms with van der Waals surface area (Å²) in [6, 6.07) is 11.3. The van der Waals surface area contributed by atoms with Crippen LogP contribution < -0.4 is 15.2 Å². The first kappa shape index (κ1) is 13.9. The summed E-state index contributed by atoms with van der Waals surface area (Å²) in [4.78, 5) is 0. The topological polar surface area (TPSA) is 68.3 Å². The molecular formula is C16H15BrN2O2. The number of nitrogens with one attached hydrogen (secondary N) is 1. The van der Waals surface area contributed by atoms with Gasteiger partial charge in [-0.15, -0.1) is 0 Å². The fraction of sp³-hybridized carbons (Fsp3) is 0.188. The number of rotatable bonds is 4. The fourth-order valence-corrected chi connectivity index (χ4v) is 2.90. The molecular weight excluding hydrogens is 332 g/mol. The first-order chi connectivity index (χ1) is 10.1. The van der Waals surface area contributed by atoms with E-state index in [1.54, 1.807) is 12.1 Å². The first-order valence-corrected chi connectivity index (χ1v) is 7.44. The summed E-state index contributed by atoms with van der Waals surface area (Å²) in [7, 11) is 0. The number of ether oxygens (including phenoxy) is 2. The Kier molecular flexibility index (Phi) is 3.84. The van der Waals surface area contributed by atoms with Crippen LogP contribution >= 0.6 is 15.9 Å². The number of halogens is 1. The molecule has 3 rings (SSSR count). The van der Waals surface area contributed by atoms with Crippen LogP contribution in [0.1, 0.15) is 16.7 Å². The maximum absolute atomic E-state index is 7.36. The number of nitrogens with two attached hydrogens (primary N) is 1. The average Bonchev–Trinajstić information content (AvgIpc) is 2.93. The molecule has 0 saturated carbocycles. The van der Waals surface area contributed by atoms with E-state index in [2.05, 4.69) is 22.0 Å². The highest BCUT2D eigenvalue weighted by atomic mass is 79.9. The number of amidine groups is 1. The zero-order valence-electron chi connectivity index (χ0n) is 11.4. The molecule has 0 radical (unpaired) electrons. The van der Waals surface area contributed by atoms with E-state index in [0.717, 1.165) is 34.6 Å². The van der Waals surface area contributed by atoms with Crippen LogP contribution in [0, 0.1) is 5.41 Å². The van der Waals surface area contributed by atoms with E-state index in [4.69, 9.17) is 20.6 Å². The van der Waals surface area contributed by atoms with Gasteiger partial charge in [0.1, 0.15) is 23.9 Å². The Bertz CT molecular complexity index is 683. The van der Waals surface area contributed by atoms with Crippen LogP contribution in [-0.4, -0.2) is 12.4 Å². The van der Waals surface area contributed by atoms with Crippen molar-refractivity contribution in [2.24, 2.45) is 5.73 Å². The molecule has 0 spiro atoms. The first-order valence-electron chi connectivity index (χ1n) is 6.65. The molecule has 2 aromatic rings. The average molecular weight is 347 g/mol. The van der Waals surface area contributed by atoms with Crippen molar-refractivity contribution >= 4 is 21.8 Å². The predicted molar refractivity (Wildman–Crippen MR) is 85.1 cm³/mol. The Balaban J connectivity index is 1.75. The van der Waals surface area contributed by atoms with Crippen molar-refractivity contribution in [3.63, 3.8) is 0 Å². The van der Waals surface area contributed by atoms with Crippen LogP contribution in [0.25, 0.3) is 0 Å². The highest BCUT2D eigenvalue weighted by Gasteiger charge is 2.17. The molecule has 0 aliphatic carbocycles. The molecule has 0 unspecified atom stereocenters. The van der Waals surface area contributed by atoms with Crippen molar-refractivity contribution < 1.29 is 9.47 Å². The van der Waals surface area contributed by atoms with Gasteiger partial charge >= 0.3 is 0 Å². The van der Waals surface area contributed by atoms with Crippen molar-refractivity contribution in [1.82, 2.24) is 0 Å². The maximum atomic E-state index is 7.36. The van der Waals surface area contributed by atoms with E-state index in [0.29, 0.717) is 12.2 Å². The molecule has 4 nitrogen and oxygen atoms in total. The molecule has 0 fully saturated rings. The Morgan fingerprint density at radius 1 is 1.29 bits per heavy atom. The summed E-state index contributed by atoms with van der Waals surface area (Å²) in [6.07, 6.45) is 0.940. The van der Waals surface area contributed by atoms with Gasteiger partial charge in [0.2, 0.25) is 0 Å². The molecule has 0 amide bonds. The number of nitrogen functional groups attached to an aromatic ring is 1. The monoisotopic (exact) mass is 346 g/mol. The summed E-state index contributed by atoms with van der Waals surface area (Å²) < 4.78 is 12.5. The van der Waals surface area contributed by atoms with Gasteiger partial charge in [0.05, 0.1) is 6.61 Å². The Labute approximate surface area is 131 Å². The quantitative estimate of drug-likeness (QED) is 0.659. The molecule has 1 aliphatic heterocycles. The van der Waals surface area contributed by atoms with E-state index in [9.17, 15) is 0 Å². The molecule has 2 aromatic carbocycles. The molecule has 0 saturated heterocycles. The summed E-state index contributed by atoms with van der Waals surface area (Å²) in [6.45, 7) is 1.17. The SMILES string of the molecule is N=C(N)c1ccc(OCc2cc(Br)cc3c2OCC3)cc1. The lowest BCUT2D eigenvalue weighted by atomic mass is 10.1. The minimum atomic E-state index is 0.0553. The molecule has 0 atom stereocenters. The minimum Gasteiger partial charge on any atom is -0.493 e. The van der Waals surface area contributed by atoms with E-state index >= 15 is 0 Å². The van der Waals surface area contributed by atoms with Gasteiger partial charge in [-0.3, -0.25) is 5.41 Å². The summed E-state index contributed by atoms with van der Waals surface area (Å²) in [5, 5.41) is 7.36. The Morgan fingerprint density at radius 2 is 2.05 bits per heavy atom. The van der Waals surface area contributed by atoms with Crippen molar-refractivity contribution in [1.29, 1.82) is 5.41 Å². The van der Waals surface area contributed by atoms with Crippen LogP contribution in [-0.2, 0) is 13.0 Å². The zero-order valence-corrected chi connectivity index (χ0v) is 12.9. The van der Waals surface area contributed by atoms with Crippen molar-refractivity contribution in [3.05, 3.63) is 57.6 Å². The van der Waals surface area contributed by atoms with Crippen LogP contribution in [0.3, 0.4) is 0 Å². The number of fused-ring (bicyclic) bond motifs is 1. The van der Waals surface area contributed by atoms with Gasteiger partial charge in [-0.1, -0.05) is 15.9 Å². The van der Waals surface area contributed by atoms with Gasteiger partial charge in [0, 0.05) is 22.0 Å². The van der Waals surface area contributed by atoms with Crippen molar-refractivity contribution in [3.8, 4) is 11.5 Å². The van der Waals surface area contributed by atoms with Crippen LogP contribution in [0.2, 0.25) is 0 Å². The third-order valence-electron chi connectivity index (χ3n) is 3.38. The molecule has 0 aromatic heterocycles. The number of hydrogen-bond acceptors (Lipinski definition) is 3. The summed E-state index contributed by atoms with van der Waals surface area (Å²) >= 11 is 3.52. The third kappa shape index (κ3) is 3.03. The standard InChI is InChI=1S/C16H15BrN2O2/c17-13-7-11-5-6-20-15(11)12(8-13)9-21-14-3-1-10(2-4-14)16(18)19/h1-4,7-8H,5-6,9H2,(H3,18,19). The second-order valence-corrected chi connectivity index (χ2v) is 5.79. The van der Waals surface area contributed by atoms with E-state index < -0.39 is 0 Å². The second kappa shape index (κ2) is 5.77. The van der Waals surface area contributed by atoms with Gasteiger partial charge in [0.25, 0.3) is 0 Å². The van der Waals surface area contributed by atoms with Crippen LogP contribution in [0.15, 0.2) is 40.9 Å². The zero-order chi connectivity index (χ0) is 14.8. The summed E-state index contributed by atoms with van der Waals surface area (Å²) in [5.74, 6) is 1.74. The molecule has 5 heteroatoms. The Morgan fingerprint density at radius 3 is 2.76 bits per heavy atom. The lowest BCUT2D eigenvalue weighted by Crippen LogP contribution is -2.10. The molecule has 1 aliphatic rings. The maximum Gasteiger partial charge on any atom is 0.129 e. The molecule has 21 heavy (non-hydrogen) atoms. The molecule has 0 bridgehead atoms.